The Morgan fingerprint density at radius 3 is 3.00 bits per heavy atom. The Bertz CT molecular complexity index is 272. The van der Waals surface area contributed by atoms with Gasteiger partial charge in [-0.05, 0) is 19.8 Å². The molecule has 5 nitrogen and oxygen atoms in total. The zero-order valence-corrected chi connectivity index (χ0v) is 8.02. The second kappa shape index (κ2) is 4.85. The fraction of sp³-hybridized carbons (Fsp3) is 0.667. The Labute approximate surface area is 81.8 Å². The predicted octanol–water partition coefficient (Wildman–Crippen LogP) is 0.698. The highest BCUT2D eigenvalue weighted by Gasteiger charge is 2.26. The average molecular weight is 199 g/mol. The number of aliphatic hydroxyl groups is 1. The van der Waals surface area contributed by atoms with E-state index in [0.717, 1.165) is 0 Å². The summed E-state index contributed by atoms with van der Waals surface area (Å²) in [6, 6.07) is 0. The highest BCUT2D eigenvalue weighted by atomic mass is 16.5. The topological polar surface area (TPSA) is 76.0 Å². The minimum Gasteiger partial charge on any atom is -0.448 e. The molecule has 0 bridgehead atoms. The maximum Gasteiger partial charge on any atom is 0.433 e. The van der Waals surface area contributed by atoms with Gasteiger partial charge in [-0.2, -0.15) is 4.99 Å². The van der Waals surface area contributed by atoms with Crippen LogP contribution in [-0.4, -0.2) is 35.4 Å². The van der Waals surface area contributed by atoms with Crippen molar-refractivity contribution in [3.05, 3.63) is 0 Å². The van der Waals surface area contributed by atoms with Crippen LogP contribution in [0.3, 0.4) is 0 Å². The largest absolute Gasteiger partial charge is 0.448 e. The van der Waals surface area contributed by atoms with Gasteiger partial charge in [0.1, 0.15) is 0 Å². The lowest BCUT2D eigenvalue weighted by molar-refractivity contribution is -0.124. The molecule has 14 heavy (non-hydrogen) atoms. The van der Waals surface area contributed by atoms with Crippen molar-refractivity contribution < 1.29 is 19.4 Å². The van der Waals surface area contributed by atoms with E-state index in [4.69, 9.17) is 0 Å². The van der Waals surface area contributed by atoms with E-state index in [1.807, 2.05) is 0 Å². The summed E-state index contributed by atoms with van der Waals surface area (Å²) in [5.41, 5.74) is 0.222. The smallest absolute Gasteiger partial charge is 0.433 e. The molecule has 1 atom stereocenters. The molecule has 78 valence electrons. The molecule has 0 saturated heterocycles. The number of Topliss-reactive ketones (excluding diaryl/α,β-unsaturated/α-hetero) is 1. The van der Waals surface area contributed by atoms with Crippen molar-refractivity contribution >= 4 is 17.6 Å². The molecule has 1 aliphatic carbocycles. The molecule has 0 aliphatic heterocycles. The first-order valence-electron chi connectivity index (χ1n) is 4.60. The van der Waals surface area contributed by atoms with E-state index in [1.54, 1.807) is 6.92 Å². The first kappa shape index (κ1) is 10.8. The van der Waals surface area contributed by atoms with Crippen LogP contribution in [-0.2, 0) is 9.53 Å². The summed E-state index contributed by atoms with van der Waals surface area (Å²) in [7, 11) is 0. The zero-order chi connectivity index (χ0) is 10.6. The molecular formula is C9H13NO4. The van der Waals surface area contributed by atoms with Crippen LogP contribution in [0.4, 0.5) is 4.79 Å². The summed E-state index contributed by atoms with van der Waals surface area (Å²) in [5.74, 6) is -0.278. The molecule has 0 radical (unpaired) electrons. The van der Waals surface area contributed by atoms with E-state index < -0.39 is 12.2 Å². The Hall–Kier alpha value is -1.23. The third-order valence-electron chi connectivity index (χ3n) is 1.98. The van der Waals surface area contributed by atoms with Gasteiger partial charge in [-0.15, -0.1) is 0 Å². The van der Waals surface area contributed by atoms with E-state index in [9.17, 15) is 14.7 Å². The molecule has 5 heteroatoms. The minimum atomic E-state index is -1.21. The van der Waals surface area contributed by atoms with Crippen LogP contribution in [0.1, 0.15) is 26.2 Å². The van der Waals surface area contributed by atoms with E-state index in [1.165, 1.54) is 0 Å². The lowest BCUT2D eigenvalue weighted by atomic mass is 9.94. The normalized spacial score (nSPS) is 25.1. The van der Waals surface area contributed by atoms with Gasteiger partial charge in [0.2, 0.25) is 0 Å². The van der Waals surface area contributed by atoms with Gasteiger partial charge in [-0.3, -0.25) is 4.79 Å². The number of hydrogen-bond donors (Lipinski definition) is 1. The third-order valence-corrected chi connectivity index (χ3v) is 1.98. The summed E-state index contributed by atoms with van der Waals surface area (Å²) >= 11 is 0. The molecule has 0 aromatic rings. The van der Waals surface area contributed by atoms with Gasteiger partial charge in [0, 0.05) is 6.42 Å². The fourth-order valence-electron chi connectivity index (χ4n) is 1.29. The van der Waals surface area contributed by atoms with E-state index in [2.05, 4.69) is 9.73 Å². The molecule has 1 fully saturated rings. The second-order valence-corrected chi connectivity index (χ2v) is 3.02. The SMILES string of the molecule is CCOC(=O)/N=C1\CCCC(=O)C1O. The third kappa shape index (κ3) is 2.63. The number of nitrogens with zero attached hydrogens (tertiary/aromatic N) is 1. The molecule has 0 spiro atoms. The number of amides is 1. The van der Waals surface area contributed by atoms with Crippen LogP contribution in [0.15, 0.2) is 4.99 Å². The van der Waals surface area contributed by atoms with Gasteiger partial charge < -0.3 is 9.84 Å². The lowest BCUT2D eigenvalue weighted by Crippen LogP contribution is -2.34. The number of ketones is 1. The number of rotatable bonds is 1. The minimum absolute atomic E-state index is 0.222. The second-order valence-electron chi connectivity index (χ2n) is 3.02. The number of carbonyl (C=O) groups is 2. The Balaban J connectivity index is 2.65. The number of aliphatic imine (C=N–C) groups is 1. The highest BCUT2D eigenvalue weighted by molar-refractivity contribution is 6.11. The maximum atomic E-state index is 11.1. The number of aliphatic hydroxyl groups excluding tert-OH is 1. The predicted molar refractivity (Wildman–Crippen MR) is 49.3 cm³/mol. The fourth-order valence-corrected chi connectivity index (χ4v) is 1.29. The standard InChI is InChI=1S/C9H13NO4/c1-2-14-9(13)10-6-4-3-5-7(11)8(6)12/h8,12H,2-5H2,1H3/b10-6+. The van der Waals surface area contributed by atoms with Crippen LogP contribution in [0.5, 0.6) is 0 Å². The zero-order valence-electron chi connectivity index (χ0n) is 8.02. The monoisotopic (exact) mass is 199 g/mol. The first-order valence-corrected chi connectivity index (χ1v) is 4.60. The average Bonchev–Trinajstić information content (AvgIpc) is 2.13. The van der Waals surface area contributed by atoms with Crippen LogP contribution < -0.4 is 0 Å². The number of hydrogen-bond acceptors (Lipinski definition) is 4. The van der Waals surface area contributed by atoms with Crippen molar-refractivity contribution in [1.29, 1.82) is 0 Å². The summed E-state index contributed by atoms with van der Waals surface area (Å²) in [4.78, 5) is 25.5. The molecule has 1 unspecified atom stereocenters. The molecule has 0 heterocycles. The quantitative estimate of drug-likeness (QED) is 0.674. The molecule has 1 amide bonds. The van der Waals surface area contributed by atoms with Crippen molar-refractivity contribution in [3.8, 4) is 0 Å². The molecular weight excluding hydrogens is 186 g/mol. The van der Waals surface area contributed by atoms with Crippen LogP contribution in [0.2, 0.25) is 0 Å². The summed E-state index contributed by atoms with van der Waals surface area (Å²) in [6.45, 7) is 1.90. The first-order chi connectivity index (χ1) is 6.65. The van der Waals surface area contributed by atoms with Gasteiger partial charge in [0.15, 0.2) is 11.9 Å². The van der Waals surface area contributed by atoms with Crippen molar-refractivity contribution in [2.75, 3.05) is 6.61 Å². The Morgan fingerprint density at radius 1 is 1.64 bits per heavy atom. The summed E-state index contributed by atoms with van der Waals surface area (Å²) < 4.78 is 4.58. The molecule has 1 aliphatic rings. The highest BCUT2D eigenvalue weighted by Crippen LogP contribution is 2.13. The molecule has 1 N–H and O–H groups in total. The Kier molecular flexibility index (Phi) is 3.76. The Morgan fingerprint density at radius 2 is 2.36 bits per heavy atom. The van der Waals surface area contributed by atoms with Crippen LogP contribution >= 0.6 is 0 Å². The van der Waals surface area contributed by atoms with Crippen LogP contribution in [0.25, 0.3) is 0 Å². The van der Waals surface area contributed by atoms with Crippen molar-refractivity contribution in [2.24, 2.45) is 4.99 Å². The lowest BCUT2D eigenvalue weighted by Gasteiger charge is -2.17. The molecule has 1 rings (SSSR count). The van der Waals surface area contributed by atoms with Crippen molar-refractivity contribution in [3.63, 3.8) is 0 Å². The van der Waals surface area contributed by atoms with E-state index in [0.29, 0.717) is 19.3 Å². The van der Waals surface area contributed by atoms with Gasteiger partial charge in [0.25, 0.3) is 0 Å². The van der Waals surface area contributed by atoms with Crippen molar-refractivity contribution in [2.45, 2.75) is 32.3 Å². The maximum absolute atomic E-state index is 11.1. The van der Waals surface area contributed by atoms with Gasteiger partial charge in [-0.25, -0.2) is 4.79 Å². The van der Waals surface area contributed by atoms with Gasteiger partial charge >= 0.3 is 6.09 Å². The summed E-state index contributed by atoms with van der Waals surface area (Å²) in [5, 5.41) is 9.37. The van der Waals surface area contributed by atoms with E-state index >= 15 is 0 Å². The number of ether oxygens (including phenoxy) is 1. The van der Waals surface area contributed by atoms with Gasteiger partial charge in [0.05, 0.1) is 12.3 Å². The molecule has 1 saturated carbocycles. The van der Waals surface area contributed by atoms with Crippen LogP contribution in [0, 0.1) is 0 Å². The van der Waals surface area contributed by atoms with Crippen molar-refractivity contribution in [1.82, 2.24) is 0 Å². The number of carbonyl (C=O) groups excluding carboxylic acids is 2. The van der Waals surface area contributed by atoms with Gasteiger partial charge in [-0.1, -0.05) is 0 Å². The van der Waals surface area contributed by atoms with E-state index in [-0.39, 0.29) is 18.1 Å². The molecule has 0 aromatic heterocycles. The molecule has 0 aromatic carbocycles. The summed E-state index contributed by atoms with van der Waals surface area (Å²) in [6.07, 6.45) is -0.493.